The van der Waals surface area contributed by atoms with Gasteiger partial charge in [-0.1, -0.05) is 18.2 Å². The van der Waals surface area contributed by atoms with Crippen molar-refractivity contribution in [1.29, 1.82) is 0 Å². The second kappa shape index (κ2) is 9.17. The number of aromatic nitrogens is 2. The largest absolute Gasteiger partial charge is 0.376 e. The van der Waals surface area contributed by atoms with Crippen LogP contribution in [0.25, 0.3) is 0 Å². The molecule has 30 heavy (non-hydrogen) atoms. The minimum absolute atomic E-state index is 0.0389. The van der Waals surface area contributed by atoms with Crippen LogP contribution in [0.15, 0.2) is 60.9 Å². The van der Waals surface area contributed by atoms with Crippen LogP contribution >= 0.6 is 0 Å². The molecule has 1 aliphatic rings. The van der Waals surface area contributed by atoms with E-state index in [1.165, 1.54) is 30.3 Å². The fourth-order valence-corrected chi connectivity index (χ4v) is 3.65. The SMILES string of the molecule is O=C(c1cccc(F)c1)N(Cc1nccn1Cc1ccc(F)cc1)C[C@@H]1CCCO1. The molecule has 0 aliphatic carbocycles. The van der Waals surface area contributed by atoms with Crippen molar-refractivity contribution in [2.45, 2.75) is 32.0 Å². The number of halogens is 2. The average molecular weight is 411 g/mol. The Labute approximate surface area is 173 Å². The number of carbonyl (C=O) groups is 1. The summed E-state index contributed by atoms with van der Waals surface area (Å²) in [6.45, 7) is 1.88. The third kappa shape index (κ3) is 4.91. The van der Waals surface area contributed by atoms with Crippen molar-refractivity contribution in [2.24, 2.45) is 0 Å². The number of ether oxygens (including phenoxy) is 1. The number of amides is 1. The Morgan fingerprint density at radius 2 is 2.00 bits per heavy atom. The van der Waals surface area contributed by atoms with Crippen molar-refractivity contribution >= 4 is 5.91 Å². The van der Waals surface area contributed by atoms with Gasteiger partial charge in [0.25, 0.3) is 5.91 Å². The summed E-state index contributed by atoms with van der Waals surface area (Å²) in [5, 5.41) is 0. The zero-order valence-electron chi connectivity index (χ0n) is 16.5. The van der Waals surface area contributed by atoms with Gasteiger partial charge in [0.1, 0.15) is 17.5 Å². The molecule has 2 aromatic carbocycles. The molecule has 0 radical (unpaired) electrons. The van der Waals surface area contributed by atoms with Gasteiger partial charge in [0.2, 0.25) is 0 Å². The highest BCUT2D eigenvalue weighted by molar-refractivity contribution is 5.94. The summed E-state index contributed by atoms with van der Waals surface area (Å²) < 4.78 is 34.5. The van der Waals surface area contributed by atoms with Gasteiger partial charge in [-0.25, -0.2) is 13.8 Å². The lowest BCUT2D eigenvalue weighted by molar-refractivity contribution is 0.0498. The monoisotopic (exact) mass is 411 g/mol. The summed E-state index contributed by atoms with van der Waals surface area (Å²) in [7, 11) is 0. The number of imidazole rings is 1. The summed E-state index contributed by atoms with van der Waals surface area (Å²) in [6.07, 6.45) is 5.32. The zero-order valence-corrected chi connectivity index (χ0v) is 16.5. The lowest BCUT2D eigenvalue weighted by atomic mass is 10.1. The maximum atomic E-state index is 13.7. The van der Waals surface area contributed by atoms with Crippen molar-refractivity contribution < 1.29 is 18.3 Å². The van der Waals surface area contributed by atoms with Crippen LogP contribution in [0.2, 0.25) is 0 Å². The number of hydrogen-bond donors (Lipinski definition) is 0. The molecule has 0 unspecified atom stereocenters. The Morgan fingerprint density at radius 1 is 1.17 bits per heavy atom. The fourth-order valence-electron chi connectivity index (χ4n) is 3.65. The molecule has 1 aliphatic heterocycles. The highest BCUT2D eigenvalue weighted by atomic mass is 19.1. The minimum atomic E-state index is -0.448. The first-order chi connectivity index (χ1) is 14.6. The first-order valence-corrected chi connectivity index (χ1v) is 9.99. The van der Waals surface area contributed by atoms with Crippen molar-refractivity contribution in [3.63, 3.8) is 0 Å². The van der Waals surface area contributed by atoms with E-state index in [0.29, 0.717) is 31.1 Å². The molecule has 5 nitrogen and oxygen atoms in total. The van der Waals surface area contributed by atoms with Crippen LogP contribution < -0.4 is 0 Å². The van der Waals surface area contributed by atoms with Crippen LogP contribution in [-0.2, 0) is 17.8 Å². The first-order valence-electron chi connectivity index (χ1n) is 9.99. The number of carbonyl (C=O) groups excluding carboxylic acids is 1. The predicted molar refractivity (Wildman–Crippen MR) is 108 cm³/mol. The molecule has 0 bridgehead atoms. The van der Waals surface area contributed by atoms with Crippen molar-refractivity contribution in [1.82, 2.24) is 14.5 Å². The van der Waals surface area contributed by atoms with E-state index in [2.05, 4.69) is 4.98 Å². The van der Waals surface area contributed by atoms with Crippen LogP contribution in [0, 0.1) is 11.6 Å². The van der Waals surface area contributed by atoms with Gasteiger partial charge in [-0.3, -0.25) is 4.79 Å². The molecule has 1 aromatic heterocycles. The van der Waals surface area contributed by atoms with Crippen LogP contribution in [0.1, 0.15) is 34.6 Å². The highest BCUT2D eigenvalue weighted by Gasteiger charge is 2.25. The predicted octanol–water partition coefficient (Wildman–Crippen LogP) is 4.03. The van der Waals surface area contributed by atoms with E-state index >= 15 is 0 Å². The maximum Gasteiger partial charge on any atom is 0.254 e. The van der Waals surface area contributed by atoms with Crippen molar-refractivity contribution in [3.8, 4) is 0 Å². The maximum absolute atomic E-state index is 13.7. The third-order valence-corrected chi connectivity index (χ3v) is 5.21. The Kier molecular flexibility index (Phi) is 6.18. The Hall–Kier alpha value is -3.06. The molecule has 156 valence electrons. The number of nitrogens with zero attached hydrogens (tertiary/aromatic N) is 3. The molecule has 0 N–H and O–H groups in total. The van der Waals surface area contributed by atoms with Crippen LogP contribution in [0.4, 0.5) is 8.78 Å². The van der Waals surface area contributed by atoms with E-state index in [0.717, 1.165) is 18.4 Å². The van der Waals surface area contributed by atoms with E-state index < -0.39 is 5.82 Å². The van der Waals surface area contributed by atoms with Crippen LogP contribution in [0.3, 0.4) is 0 Å². The van der Waals surface area contributed by atoms with Crippen molar-refractivity contribution in [2.75, 3.05) is 13.2 Å². The molecule has 0 saturated carbocycles. The molecule has 0 spiro atoms. The van der Waals surface area contributed by atoms with Gasteiger partial charge in [0.05, 0.1) is 12.6 Å². The van der Waals surface area contributed by atoms with E-state index in [1.54, 1.807) is 29.3 Å². The number of rotatable bonds is 7. The second-order valence-electron chi connectivity index (χ2n) is 7.43. The molecular formula is C23H23F2N3O2. The highest BCUT2D eigenvalue weighted by Crippen LogP contribution is 2.18. The second-order valence-corrected chi connectivity index (χ2v) is 7.43. The molecule has 1 fully saturated rings. The summed E-state index contributed by atoms with van der Waals surface area (Å²) in [4.78, 5) is 19.2. The van der Waals surface area contributed by atoms with Gasteiger partial charge in [-0.05, 0) is 48.7 Å². The Bertz CT molecular complexity index is 998. The van der Waals surface area contributed by atoms with E-state index in [9.17, 15) is 13.6 Å². The Balaban J connectivity index is 1.55. The van der Waals surface area contributed by atoms with E-state index in [4.69, 9.17) is 4.74 Å². The molecule has 4 rings (SSSR count). The van der Waals surface area contributed by atoms with Gasteiger partial charge in [-0.15, -0.1) is 0 Å². The quantitative estimate of drug-likeness (QED) is 0.590. The molecule has 1 atom stereocenters. The minimum Gasteiger partial charge on any atom is -0.376 e. The smallest absolute Gasteiger partial charge is 0.254 e. The zero-order chi connectivity index (χ0) is 20.9. The number of benzene rings is 2. The fraction of sp³-hybridized carbons (Fsp3) is 0.304. The first kappa shape index (κ1) is 20.2. The molecule has 1 amide bonds. The lowest BCUT2D eigenvalue weighted by Crippen LogP contribution is -2.37. The Morgan fingerprint density at radius 3 is 2.73 bits per heavy atom. The summed E-state index contributed by atoms with van der Waals surface area (Å²) in [5.41, 5.74) is 1.22. The summed E-state index contributed by atoms with van der Waals surface area (Å²) in [6, 6.07) is 12.0. The summed E-state index contributed by atoms with van der Waals surface area (Å²) in [5.74, 6) is -0.299. The normalized spacial score (nSPS) is 16.0. The molecule has 3 aromatic rings. The number of hydrogen-bond acceptors (Lipinski definition) is 3. The lowest BCUT2D eigenvalue weighted by Gasteiger charge is -2.25. The van der Waals surface area contributed by atoms with E-state index in [1.807, 2.05) is 10.8 Å². The van der Waals surface area contributed by atoms with Gasteiger partial charge in [0, 0.05) is 37.7 Å². The van der Waals surface area contributed by atoms with Crippen molar-refractivity contribution in [3.05, 3.63) is 89.5 Å². The van der Waals surface area contributed by atoms with Crippen LogP contribution in [0.5, 0.6) is 0 Å². The standard InChI is InChI=1S/C23H23F2N3O2/c24-19-8-6-17(7-9-19)14-27-11-10-26-22(27)16-28(15-21-5-2-12-30-21)23(29)18-3-1-4-20(25)13-18/h1,3-4,6-11,13,21H,2,5,12,14-16H2/t21-/m0/s1. The van der Waals surface area contributed by atoms with Gasteiger partial charge in [-0.2, -0.15) is 0 Å². The van der Waals surface area contributed by atoms with Gasteiger partial charge >= 0.3 is 0 Å². The average Bonchev–Trinajstić information content (AvgIpc) is 3.41. The molecule has 2 heterocycles. The van der Waals surface area contributed by atoms with Crippen LogP contribution in [-0.4, -0.2) is 39.6 Å². The molecule has 7 heteroatoms. The molecule has 1 saturated heterocycles. The van der Waals surface area contributed by atoms with Gasteiger partial charge < -0.3 is 14.2 Å². The summed E-state index contributed by atoms with van der Waals surface area (Å²) >= 11 is 0. The van der Waals surface area contributed by atoms with E-state index in [-0.39, 0.29) is 24.4 Å². The van der Waals surface area contributed by atoms with Gasteiger partial charge in [0.15, 0.2) is 0 Å². The third-order valence-electron chi connectivity index (χ3n) is 5.21. The molecular weight excluding hydrogens is 388 g/mol. The topological polar surface area (TPSA) is 47.4 Å².